The number of rotatable bonds is 7. The lowest BCUT2D eigenvalue weighted by molar-refractivity contribution is -0.113. The average Bonchev–Trinajstić information content (AvgIpc) is 3.13. The molecule has 1 atom stereocenters. The predicted molar refractivity (Wildman–Crippen MR) is 98.3 cm³/mol. The molecule has 0 saturated heterocycles. The van der Waals surface area contributed by atoms with Crippen molar-refractivity contribution in [2.45, 2.75) is 18.3 Å². The maximum atomic E-state index is 13.6. The number of hydrogen-bond donors (Lipinski definition) is 1. The lowest BCUT2D eigenvalue weighted by Crippen LogP contribution is -2.14. The molecule has 2 aromatic heterocycles. The van der Waals surface area contributed by atoms with Crippen LogP contribution < -0.4 is 10.1 Å². The third-order valence-electron chi connectivity index (χ3n) is 3.27. The molecule has 0 radical (unpaired) electrons. The Hall–Kier alpha value is -2.65. The van der Waals surface area contributed by atoms with E-state index in [1.807, 2.05) is 0 Å². The highest BCUT2D eigenvalue weighted by molar-refractivity contribution is 7.99. The summed E-state index contributed by atoms with van der Waals surface area (Å²) in [5.41, 5.74) is 0.419. The maximum absolute atomic E-state index is 13.6. The van der Waals surface area contributed by atoms with Gasteiger partial charge in [0.2, 0.25) is 5.91 Å². The van der Waals surface area contributed by atoms with Crippen molar-refractivity contribution in [2.75, 3.05) is 11.1 Å². The Balaban J connectivity index is 1.54. The molecule has 1 N–H and O–H groups in total. The van der Waals surface area contributed by atoms with E-state index < -0.39 is 11.9 Å². The van der Waals surface area contributed by atoms with Crippen molar-refractivity contribution in [3.63, 3.8) is 0 Å². The second-order valence-electron chi connectivity index (χ2n) is 5.28. The van der Waals surface area contributed by atoms with Gasteiger partial charge in [-0.05, 0) is 31.2 Å². The predicted octanol–water partition coefficient (Wildman–Crippen LogP) is 4.13. The van der Waals surface area contributed by atoms with Gasteiger partial charge in [-0.15, -0.1) is 10.2 Å². The SMILES string of the molecule is C[C@H](Oc1ccccc1F)c1nnc(SCC(=O)Nc2cccnc2Cl)o1. The highest BCUT2D eigenvalue weighted by atomic mass is 35.5. The summed E-state index contributed by atoms with van der Waals surface area (Å²) < 4.78 is 24.6. The van der Waals surface area contributed by atoms with Crippen LogP contribution in [0.25, 0.3) is 0 Å². The quantitative estimate of drug-likeness (QED) is 0.464. The molecular formula is C17H14ClFN4O3S. The summed E-state index contributed by atoms with van der Waals surface area (Å²) in [5, 5.41) is 10.8. The smallest absolute Gasteiger partial charge is 0.277 e. The summed E-state index contributed by atoms with van der Waals surface area (Å²) in [6, 6.07) is 9.34. The van der Waals surface area contributed by atoms with Gasteiger partial charge in [-0.3, -0.25) is 4.79 Å². The Kier molecular flexibility index (Phi) is 6.25. The molecular weight excluding hydrogens is 395 g/mol. The normalized spacial score (nSPS) is 11.8. The standard InChI is InChI=1S/C17H14ClFN4O3S/c1-10(25-13-7-3-2-5-11(13)19)16-22-23-17(26-16)27-9-14(24)21-12-6-4-8-20-15(12)18/h2-8,10H,9H2,1H3,(H,21,24)/t10-/m0/s1. The van der Waals surface area contributed by atoms with Gasteiger partial charge in [-0.1, -0.05) is 35.5 Å². The highest BCUT2D eigenvalue weighted by Gasteiger charge is 2.18. The number of benzene rings is 1. The Morgan fingerprint density at radius 2 is 2.15 bits per heavy atom. The van der Waals surface area contributed by atoms with Gasteiger partial charge in [0.1, 0.15) is 0 Å². The first kappa shape index (κ1) is 19.1. The zero-order valence-electron chi connectivity index (χ0n) is 14.1. The topological polar surface area (TPSA) is 90.1 Å². The molecule has 3 aromatic rings. The molecule has 1 amide bonds. The van der Waals surface area contributed by atoms with Crippen molar-refractivity contribution in [3.8, 4) is 5.75 Å². The number of nitrogens with one attached hydrogen (secondary N) is 1. The first-order chi connectivity index (χ1) is 13.0. The van der Waals surface area contributed by atoms with Crippen LogP contribution in [0.2, 0.25) is 5.15 Å². The first-order valence-corrected chi connectivity index (χ1v) is 9.17. The average molecular weight is 409 g/mol. The second-order valence-corrected chi connectivity index (χ2v) is 6.56. The molecule has 0 fully saturated rings. The van der Waals surface area contributed by atoms with Crippen LogP contribution in [0, 0.1) is 5.82 Å². The van der Waals surface area contributed by atoms with E-state index in [0.717, 1.165) is 11.8 Å². The van der Waals surface area contributed by atoms with Crippen LogP contribution >= 0.6 is 23.4 Å². The van der Waals surface area contributed by atoms with E-state index in [4.69, 9.17) is 20.8 Å². The Bertz CT molecular complexity index is 940. The molecule has 0 aliphatic carbocycles. The third kappa shape index (κ3) is 5.18. The van der Waals surface area contributed by atoms with Gasteiger partial charge in [0.15, 0.2) is 22.8 Å². The Morgan fingerprint density at radius 3 is 2.93 bits per heavy atom. The van der Waals surface area contributed by atoms with Crippen molar-refractivity contribution >= 4 is 35.0 Å². The van der Waals surface area contributed by atoms with Gasteiger partial charge in [0.25, 0.3) is 11.1 Å². The molecule has 0 unspecified atom stereocenters. The van der Waals surface area contributed by atoms with Crippen LogP contribution in [0.4, 0.5) is 10.1 Å². The maximum Gasteiger partial charge on any atom is 0.277 e. The number of anilines is 1. The molecule has 0 bridgehead atoms. The van der Waals surface area contributed by atoms with E-state index in [0.29, 0.717) is 5.69 Å². The first-order valence-electron chi connectivity index (χ1n) is 7.80. The minimum absolute atomic E-state index is 0.0371. The van der Waals surface area contributed by atoms with Gasteiger partial charge >= 0.3 is 0 Å². The highest BCUT2D eigenvalue weighted by Crippen LogP contribution is 2.26. The largest absolute Gasteiger partial charge is 0.478 e. The number of amides is 1. The van der Waals surface area contributed by atoms with Gasteiger partial charge in [0.05, 0.1) is 11.4 Å². The van der Waals surface area contributed by atoms with E-state index in [9.17, 15) is 9.18 Å². The van der Waals surface area contributed by atoms with Gasteiger partial charge in [-0.25, -0.2) is 9.37 Å². The van der Waals surface area contributed by atoms with Crippen LogP contribution in [-0.4, -0.2) is 26.8 Å². The van der Waals surface area contributed by atoms with E-state index >= 15 is 0 Å². The molecule has 0 spiro atoms. The molecule has 0 aliphatic rings. The van der Waals surface area contributed by atoms with Crippen molar-refractivity contribution in [3.05, 3.63) is 59.5 Å². The lowest BCUT2D eigenvalue weighted by Gasteiger charge is -2.11. The second kappa shape index (κ2) is 8.83. The van der Waals surface area contributed by atoms with E-state index in [2.05, 4.69) is 20.5 Å². The van der Waals surface area contributed by atoms with Crippen LogP contribution in [0.5, 0.6) is 5.75 Å². The fraction of sp³-hybridized carbons (Fsp3) is 0.176. The molecule has 3 rings (SSSR count). The van der Waals surface area contributed by atoms with Crippen molar-refractivity contribution in [1.82, 2.24) is 15.2 Å². The number of hydrogen-bond acceptors (Lipinski definition) is 7. The number of pyridine rings is 1. The van der Waals surface area contributed by atoms with E-state index in [1.165, 1.54) is 18.3 Å². The molecule has 0 aliphatic heterocycles. The number of nitrogens with zero attached hydrogens (tertiary/aromatic N) is 3. The monoisotopic (exact) mass is 408 g/mol. The Labute approximate surface area is 163 Å². The summed E-state index contributed by atoms with van der Waals surface area (Å²) in [4.78, 5) is 15.9. The lowest BCUT2D eigenvalue weighted by atomic mass is 10.3. The van der Waals surface area contributed by atoms with Crippen molar-refractivity contribution in [1.29, 1.82) is 0 Å². The molecule has 140 valence electrons. The summed E-state index contributed by atoms with van der Waals surface area (Å²) in [6.07, 6.45) is 0.879. The molecule has 1 aromatic carbocycles. The Morgan fingerprint density at radius 1 is 1.33 bits per heavy atom. The van der Waals surface area contributed by atoms with Crippen LogP contribution in [0.1, 0.15) is 18.9 Å². The zero-order valence-corrected chi connectivity index (χ0v) is 15.6. The number of carbonyl (C=O) groups excluding carboxylic acids is 1. The molecule has 7 nitrogen and oxygen atoms in total. The van der Waals surface area contributed by atoms with Gasteiger partial charge in [0, 0.05) is 6.20 Å². The van der Waals surface area contributed by atoms with E-state index in [1.54, 1.807) is 31.2 Å². The molecule has 10 heteroatoms. The van der Waals surface area contributed by atoms with Crippen LogP contribution in [0.15, 0.2) is 52.2 Å². The molecule has 27 heavy (non-hydrogen) atoms. The third-order valence-corrected chi connectivity index (χ3v) is 4.39. The van der Waals surface area contributed by atoms with Gasteiger partial charge < -0.3 is 14.5 Å². The summed E-state index contributed by atoms with van der Waals surface area (Å²) in [6.45, 7) is 1.66. The van der Waals surface area contributed by atoms with E-state index in [-0.39, 0.29) is 33.7 Å². The minimum Gasteiger partial charge on any atom is -0.478 e. The fourth-order valence-electron chi connectivity index (χ4n) is 2.02. The number of para-hydroxylation sites is 1. The summed E-state index contributed by atoms with van der Waals surface area (Å²) in [5.74, 6) is -0.480. The zero-order chi connectivity index (χ0) is 19.2. The molecule has 0 saturated carbocycles. The van der Waals surface area contributed by atoms with Crippen molar-refractivity contribution in [2.24, 2.45) is 0 Å². The number of aromatic nitrogens is 3. The van der Waals surface area contributed by atoms with Crippen LogP contribution in [0.3, 0.4) is 0 Å². The van der Waals surface area contributed by atoms with Crippen LogP contribution in [-0.2, 0) is 4.79 Å². The number of ether oxygens (including phenoxy) is 1. The number of thioether (sulfide) groups is 1. The summed E-state index contributed by atoms with van der Waals surface area (Å²) in [7, 11) is 0. The number of carbonyl (C=O) groups is 1. The van der Waals surface area contributed by atoms with Crippen molar-refractivity contribution < 1.29 is 18.3 Å². The minimum atomic E-state index is -0.647. The molecule has 2 heterocycles. The number of halogens is 2. The van der Waals surface area contributed by atoms with Gasteiger partial charge in [-0.2, -0.15) is 0 Å². The fourth-order valence-corrected chi connectivity index (χ4v) is 2.75. The summed E-state index contributed by atoms with van der Waals surface area (Å²) >= 11 is 6.94.